The summed E-state index contributed by atoms with van der Waals surface area (Å²) in [6.07, 6.45) is 1.34. The molecule has 1 aromatic heterocycles. The summed E-state index contributed by atoms with van der Waals surface area (Å²) in [6.45, 7) is 0.494. The van der Waals surface area contributed by atoms with Gasteiger partial charge >= 0.3 is 0 Å². The summed E-state index contributed by atoms with van der Waals surface area (Å²) in [5.41, 5.74) is 1.82. The number of nitrogens with zero attached hydrogens (tertiary/aromatic N) is 2. The van der Waals surface area contributed by atoms with Gasteiger partial charge in [0.15, 0.2) is 0 Å². The van der Waals surface area contributed by atoms with E-state index >= 15 is 0 Å². The van der Waals surface area contributed by atoms with Crippen molar-refractivity contribution in [2.24, 2.45) is 0 Å². The Kier molecular flexibility index (Phi) is 5.66. The number of carbonyl (C=O) groups excluding carboxylic acids is 1. The number of ether oxygens (including phenoxy) is 1. The largest absolute Gasteiger partial charge is 0.497 e. The molecule has 132 valence electrons. The number of aromatic nitrogens is 2. The zero-order valence-electron chi connectivity index (χ0n) is 14.1. The van der Waals surface area contributed by atoms with E-state index in [-0.39, 0.29) is 11.6 Å². The van der Waals surface area contributed by atoms with Crippen LogP contribution >= 0.6 is 11.6 Å². The van der Waals surface area contributed by atoms with Gasteiger partial charge in [-0.15, -0.1) is 0 Å². The third-order valence-corrected chi connectivity index (χ3v) is 4.01. The number of hydrogen-bond donors (Lipinski definition) is 2. The molecule has 0 aliphatic rings. The molecule has 0 spiro atoms. The molecule has 3 rings (SSSR count). The first-order valence-corrected chi connectivity index (χ1v) is 8.28. The molecule has 0 saturated carbocycles. The van der Waals surface area contributed by atoms with Crippen molar-refractivity contribution in [3.05, 3.63) is 77.2 Å². The molecule has 0 saturated heterocycles. The summed E-state index contributed by atoms with van der Waals surface area (Å²) in [4.78, 5) is 20.6. The molecule has 2 aromatic carbocycles. The fourth-order valence-electron chi connectivity index (χ4n) is 2.30. The smallest absolute Gasteiger partial charge is 0.274 e. The van der Waals surface area contributed by atoms with E-state index in [0.29, 0.717) is 28.8 Å². The van der Waals surface area contributed by atoms with Gasteiger partial charge in [0.1, 0.15) is 23.6 Å². The molecule has 0 aliphatic heterocycles. The van der Waals surface area contributed by atoms with Gasteiger partial charge in [-0.2, -0.15) is 0 Å². The first-order chi connectivity index (χ1) is 12.7. The molecule has 0 atom stereocenters. The number of anilines is 2. The Hall–Kier alpha value is -3.12. The molecule has 2 N–H and O–H groups in total. The van der Waals surface area contributed by atoms with Crippen LogP contribution < -0.4 is 15.4 Å². The van der Waals surface area contributed by atoms with Crippen LogP contribution in [0.4, 0.5) is 11.5 Å². The quantitative estimate of drug-likeness (QED) is 0.687. The number of methoxy groups -OCH3 is 1. The second-order valence-corrected chi connectivity index (χ2v) is 5.83. The molecule has 0 fully saturated rings. The molecule has 1 amide bonds. The zero-order valence-corrected chi connectivity index (χ0v) is 14.8. The number of amides is 1. The second-order valence-electron chi connectivity index (χ2n) is 5.42. The minimum Gasteiger partial charge on any atom is -0.497 e. The van der Waals surface area contributed by atoms with Crippen LogP contribution in [-0.2, 0) is 6.54 Å². The van der Waals surface area contributed by atoms with Crippen LogP contribution in [0.5, 0.6) is 5.75 Å². The van der Waals surface area contributed by atoms with Crippen LogP contribution in [-0.4, -0.2) is 23.0 Å². The lowest BCUT2D eigenvalue weighted by molar-refractivity contribution is 0.102. The molecule has 0 unspecified atom stereocenters. The van der Waals surface area contributed by atoms with Crippen LogP contribution in [0.2, 0.25) is 5.02 Å². The number of hydrogen-bond acceptors (Lipinski definition) is 5. The summed E-state index contributed by atoms with van der Waals surface area (Å²) in [7, 11) is 1.57. The van der Waals surface area contributed by atoms with Gasteiger partial charge in [-0.1, -0.05) is 35.9 Å². The molecule has 3 aromatic rings. The van der Waals surface area contributed by atoms with Crippen molar-refractivity contribution >= 4 is 29.0 Å². The number of benzene rings is 2. The number of carbonyl (C=O) groups is 1. The summed E-state index contributed by atoms with van der Waals surface area (Å²) >= 11 is 6.14. The van der Waals surface area contributed by atoms with Crippen molar-refractivity contribution < 1.29 is 9.53 Å². The van der Waals surface area contributed by atoms with Gasteiger partial charge in [0.05, 0.1) is 7.11 Å². The van der Waals surface area contributed by atoms with Crippen LogP contribution in [0, 0.1) is 0 Å². The summed E-state index contributed by atoms with van der Waals surface area (Å²) < 4.78 is 5.15. The average molecular weight is 369 g/mol. The lowest BCUT2D eigenvalue weighted by atomic mass is 10.2. The molecule has 6 nitrogen and oxygen atoms in total. The van der Waals surface area contributed by atoms with E-state index in [2.05, 4.69) is 20.6 Å². The summed E-state index contributed by atoms with van der Waals surface area (Å²) in [5, 5.41) is 6.60. The highest BCUT2D eigenvalue weighted by molar-refractivity contribution is 6.31. The van der Waals surface area contributed by atoms with E-state index in [1.807, 2.05) is 24.3 Å². The standard InChI is InChI=1S/C19H17ClN4O2/c1-26-15-7-4-6-14(9-15)24-19(25)17-10-18(23-12-22-17)21-11-13-5-2-3-8-16(13)20/h2-10,12H,11H2,1H3,(H,24,25)(H,21,22,23). The van der Waals surface area contributed by atoms with Crippen LogP contribution in [0.1, 0.15) is 16.1 Å². The van der Waals surface area contributed by atoms with E-state index in [9.17, 15) is 4.79 Å². The second kappa shape index (κ2) is 8.31. The zero-order chi connectivity index (χ0) is 18.4. The topological polar surface area (TPSA) is 76.1 Å². The predicted octanol–water partition coefficient (Wildman–Crippen LogP) is 4.00. The monoisotopic (exact) mass is 368 g/mol. The Balaban J connectivity index is 1.68. The Bertz CT molecular complexity index is 917. The van der Waals surface area contributed by atoms with Gasteiger partial charge in [-0.05, 0) is 23.8 Å². The molecule has 1 heterocycles. The lowest BCUT2D eigenvalue weighted by Gasteiger charge is -2.09. The number of rotatable bonds is 6. The highest BCUT2D eigenvalue weighted by Crippen LogP contribution is 2.18. The van der Waals surface area contributed by atoms with E-state index in [1.165, 1.54) is 6.33 Å². The van der Waals surface area contributed by atoms with Gasteiger partial charge in [0.2, 0.25) is 0 Å². The maximum atomic E-state index is 12.4. The minimum absolute atomic E-state index is 0.254. The molecular formula is C19H17ClN4O2. The Morgan fingerprint density at radius 2 is 1.96 bits per heavy atom. The maximum Gasteiger partial charge on any atom is 0.274 e. The molecule has 7 heteroatoms. The fraction of sp³-hybridized carbons (Fsp3) is 0.105. The van der Waals surface area contributed by atoms with Crippen molar-refractivity contribution in [3.8, 4) is 5.75 Å². The van der Waals surface area contributed by atoms with Crippen molar-refractivity contribution in [2.75, 3.05) is 17.7 Å². The normalized spacial score (nSPS) is 10.2. The minimum atomic E-state index is -0.332. The van der Waals surface area contributed by atoms with Gasteiger partial charge in [0, 0.05) is 29.4 Å². The van der Waals surface area contributed by atoms with Gasteiger partial charge in [-0.25, -0.2) is 9.97 Å². The molecule has 0 aliphatic carbocycles. The predicted molar refractivity (Wildman–Crippen MR) is 102 cm³/mol. The van der Waals surface area contributed by atoms with Crippen LogP contribution in [0.25, 0.3) is 0 Å². The first-order valence-electron chi connectivity index (χ1n) is 7.90. The van der Waals surface area contributed by atoms with Crippen molar-refractivity contribution in [3.63, 3.8) is 0 Å². The molecule has 26 heavy (non-hydrogen) atoms. The summed E-state index contributed by atoms with van der Waals surface area (Å²) in [6, 6.07) is 16.2. The van der Waals surface area contributed by atoms with Gasteiger partial charge in [0.25, 0.3) is 5.91 Å². The number of halogens is 1. The molecular weight excluding hydrogens is 352 g/mol. The highest BCUT2D eigenvalue weighted by Gasteiger charge is 2.10. The number of nitrogens with one attached hydrogen (secondary N) is 2. The van der Waals surface area contributed by atoms with E-state index in [0.717, 1.165) is 5.56 Å². The van der Waals surface area contributed by atoms with E-state index in [4.69, 9.17) is 16.3 Å². The van der Waals surface area contributed by atoms with Crippen LogP contribution in [0.15, 0.2) is 60.9 Å². The first kappa shape index (κ1) is 17.7. The van der Waals surface area contributed by atoms with Crippen molar-refractivity contribution in [1.82, 2.24) is 9.97 Å². The van der Waals surface area contributed by atoms with Crippen molar-refractivity contribution in [2.45, 2.75) is 6.54 Å². The SMILES string of the molecule is COc1cccc(NC(=O)c2cc(NCc3ccccc3Cl)ncn2)c1. The third-order valence-electron chi connectivity index (χ3n) is 3.65. The van der Waals surface area contributed by atoms with E-state index in [1.54, 1.807) is 37.4 Å². The Labute approximate surface area is 156 Å². The highest BCUT2D eigenvalue weighted by atomic mass is 35.5. The fourth-order valence-corrected chi connectivity index (χ4v) is 2.50. The third kappa shape index (κ3) is 4.49. The molecule has 0 bridgehead atoms. The Morgan fingerprint density at radius 1 is 1.12 bits per heavy atom. The Morgan fingerprint density at radius 3 is 2.77 bits per heavy atom. The van der Waals surface area contributed by atoms with E-state index < -0.39 is 0 Å². The lowest BCUT2D eigenvalue weighted by Crippen LogP contribution is -2.14. The van der Waals surface area contributed by atoms with Crippen LogP contribution in [0.3, 0.4) is 0 Å². The molecule has 0 radical (unpaired) electrons. The summed E-state index contributed by atoms with van der Waals surface area (Å²) in [5.74, 6) is 0.866. The van der Waals surface area contributed by atoms with Crippen molar-refractivity contribution in [1.29, 1.82) is 0 Å². The maximum absolute atomic E-state index is 12.4. The average Bonchev–Trinajstić information content (AvgIpc) is 2.68. The van der Waals surface area contributed by atoms with Gasteiger partial charge in [-0.3, -0.25) is 4.79 Å². The van der Waals surface area contributed by atoms with Gasteiger partial charge < -0.3 is 15.4 Å².